The maximum absolute atomic E-state index is 12.9. The molecule has 1 fully saturated rings. The highest BCUT2D eigenvalue weighted by Gasteiger charge is 2.29. The van der Waals surface area contributed by atoms with Gasteiger partial charge in [-0.1, -0.05) is 19.1 Å². The highest BCUT2D eigenvalue weighted by Crippen LogP contribution is 2.38. The molecule has 0 radical (unpaired) electrons. The Balaban J connectivity index is 1.63. The minimum Gasteiger partial charge on any atom is -0.452 e. The number of anilines is 1. The number of ether oxygens (including phenoxy) is 1. The van der Waals surface area contributed by atoms with Crippen molar-refractivity contribution in [3.8, 4) is 0 Å². The van der Waals surface area contributed by atoms with Crippen molar-refractivity contribution in [3.05, 3.63) is 52.3 Å². The van der Waals surface area contributed by atoms with Crippen molar-refractivity contribution in [1.82, 2.24) is 9.47 Å². The van der Waals surface area contributed by atoms with Crippen LogP contribution in [0.25, 0.3) is 0 Å². The molecule has 1 unspecified atom stereocenters. The molecule has 1 saturated carbocycles. The van der Waals surface area contributed by atoms with Gasteiger partial charge in [0.25, 0.3) is 5.91 Å². The number of aryl methyl sites for hydroxylation is 2. The van der Waals surface area contributed by atoms with Crippen molar-refractivity contribution in [2.24, 2.45) is 0 Å². The highest BCUT2D eigenvalue weighted by molar-refractivity contribution is 5.96. The monoisotopic (exact) mass is 453 g/mol. The third-order valence-electron chi connectivity index (χ3n) is 6.58. The van der Waals surface area contributed by atoms with Gasteiger partial charge in [0.2, 0.25) is 5.91 Å². The molecule has 0 spiro atoms. The molecule has 1 aliphatic rings. The molecule has 1 N–H and O–H groups in total. The SMILES string of the molecule is CCC(C)N(CC(=O)Nc1cccc(C)c1C)C(=O)COC(=O)c1cc(C)n(C2CC2)c1C. The number of benzene rings is 1. The quantitative estimate of drug-likeness (QED) is 0.568. The van der Waals surface area contributed by atoms with Crippen molar-refractivity contribution in [2.75, 3.05) is 18.5 Å². The second kappa shape index (κ2) is 10.2. The van der Waals surface area contributed by atoms with E-state index >= 15 is 0 Å². The molecular formula is C26H35N3O4. The molecule has 7 nitrogen and oxygen atoms in total. The molecule has 1 atom stereocenters. The van der Waals surface area contributed by atoms with Crippen LogP contribution in [0.2, 0.25) is 0 Å². The number of hydrogen-bond donors (Lipinski definition) is 1. The lowest BCUT2D eigenvalue weighted by molar-refractivity contribution is -0.139. The molecule has 2 aromatic rings. The number of carbonyl (C=O) groups is 3. The maximum Gasteiger partial charge on any atom is 0.340 e. The first kappa shape index (κ1) is 24.6. The Morgan fingerprint density at radius 1 is 1.18 bits per heavy atom. The van der Waals surface area contributed by atoms with E-state index in [4.69, 9.17) is 4.74 Å². The summed E-state index contributed by atoms with van der Waals surface area (Å²) in [5, 5.41) is 2.90. The van der Waals surface area contributed by atoms with E-state index in [1.807, 2.05) is 65.8 Å². The van der Waals surface area contributed by atoms with Crippen LogP contribution in [0.15, 0.2) is 24.3 Å². The zero-order chi connectivity index (χ0) is 24.3. The standard InChI is InChI=1S/C26H35N3O4/c1-7-17(3)28(14-24(30)27-23-10-8-9-16(2)19(23)5)25(31)15-33-26(32)22-13-18(4)29(20(22)6)21-11-12-21/h8-10,13,17,21H,7,11-12,14-15H2,1-6H3,(H,27,30). The third kappa shape index (κ3) is 5.64. The number of rotatable bonds is 9. The molecule has 3 rings (SSSR count). The number of aromatic nitrogens is 1. The molecule has 1 aliphatic carbocycles. The Labute approximate surface area is 196 Å². The Morgan fingerprint density at radius 3 is 2.52 bits per heavy atom. The van der Waals surface area contributed by atoms with E-state index < -0.39 is 12.6 Å². The third-order valence-corrected chi connectivity index (χ3v) is 6.58. The largest absolute Gasteiger partial charge is 0.452 e. The molecule has 1 aromatic heterocycles. The van der Waals surface area contributed by atoms with E-state index in [2.05, 4.69) is 9.88 Å². The van der Waals surface area contributed by atoms with Gasteiger partial charge in [0.05, 0.1) is 5.56 Å². The molecular weight excluding hydrogens is 418 g/mol. The fourth-order valence-corrected chi connectivity index (χ4v) is 4.11. The number of esters is 1. The van der Waals surface area contributed by atoms with Crippen molar-refractivity contribution >= 4 is 23.5 Å². The van der Waals surface area contributed by atoms with Gasteiger partial charge in [0.1, 0.15) is 6.54 Å². The van der Waals surface area contributed by atoms with Crippen molar-refractivity contribution < 1.29 is 19.1 Å². The summed E-state index contributed by atoms with van der Waals surface area (Å²) in [6.45, 7) is 11.2. The van der Waals surface area contributed by atoms with Crippen LogP contribution in [-0.2, 0) is 14.3 Å². The van der Waals surface area contributed by atoms with Crippen LogP contribution >= 0.6 is 0 Å². The Hall–Kier alpha value is -3.09. The first-order valence-corrected chi connectivity index (χ1v) is 11.6. The van der Waals surface area contributed by atoms with Gasteiger partial charge in [0.15, 0.2) is 6.61 Å². The van der Waals surface area contributed by atoms with Gasteiger partial charge < -0.3 is 19.5 Å². The van der Waals surface area contributed by atoms with Crippen molar-refractivity contribution in [1.29, 1.82) is 0 Å². The molecule has 7 heteroatoms. The van der Waals surface area contributed by atoms with Gasteiger partial charge >= 0.3 is 5.97 Å². The van der Waals surface area contributed by atoms with Crippen LogP contribution in [0.1, 0.15) is 72.0 Å². The summed E-state index contributed by atoms with van der Waals surface area (Å²) in [4.78, 5) is 39.8. The van der Waals surface area contributed by atoms with Crippen LogP contribution in [0.5, 0.6) is 0 Å². The predicted octanol–water partition coefficient (Wildman–Crippen LogP) is 4.48. The number of carbonyl (C=O) groups excluding carboxylic acids is 3. The van der Waals surface area contributed by atoms with E-state index in [1.54, 1.807) is 0 Å². The molecule has 178 valence electrons. The van der Waals surface area contributed by atoms with E-state index in [1.165, 1.54) is 4.90 Å². The molecule has 1 aromatic carbocycles. The van der Waals surface area contributed by atoms with Crippen LogP contribution in [0.4, 0.5) is 5.69 Å². The minimum absolute atomic E-state index is 0.102. The summed E-state index contributed by atoms with van der Waals surface area (Å²) >= 11 is 0. The summed E-state index contributed by atoms with van der Waals surface area (Å²) in [5.41, 5.74) is 5.20. The first-order valence-electron chi connectivity index (χ1n) is 11.6. The van der Waals surface area contributed by atoms with Crippen molar-refractivity contribution in [3.63, 3.8) is 0 Å². The molecule has 1 heterocycles. The Kier molecular flexibility index (Phi) is 7.61. The molecule has 0 saturated heterocycles. The second-order valence-corrected chi connectivity index (χ2v) is 9.04. The molecule has 0 aliphatic heterocycles. The smallest absolute Gasteiger partial charge is 0.340 e. The maximum atomic E-state index is 12.9. The average Bonchev–Trinajstić information content (AvgIpc) is 3.56. The summed E-state index contributed by atoms with van der Waals surface area (Å²) < 4.78 is 7.54. The van der Waals surface area contributed by atoms with Gasteiger partial charge in [0, 0.05) is 29.2 Å². The number of nitrogens with zero attached hydrogens (tertiary/aromatic N) is 2. The predicted molar refractivity (Wildman–Crippen MR) is 128 cm³/mol. The van der Waals surface area contributed by atoms with Gasteiger partial charge in [-0.3, -0.25) is 9.59 Å². The lowest BCUT2D eigenvalue weighted by Crippen LogP contribution is -2.45. The van der Waals surface area contributed by atoms with Crippen LogP contribution in [-0.4, -0.2) is 46.4 Å². The fraction of sp³-hybridized carbons (Fsp3) is 0.500. The highest BCUT2D eigenvalue weighted by atomic mass is 16.5. The van der Waals surface area contributed by atoms with Gasteiger partial charge in [-0.05, 0) is 77.1 Å². The van der Waals surface area contributed by atoms with Crippen LogP contribution in [0.3, 0.4) is 0 Å². The summed E-state index contributed by atoms with van der Waals surface area (Å²) in [6.07, 6.45) is 2.92. The summed E-state index contributed by atoms with van der Waals surface area (Å²) in [6, 6.07) is 7.83. The van der Waals surface area contributed by atoms with E-state index in [-0.39, 0.29) is 24.4 Å². The fourth-order valence-electron chi connectivity index (χ4n) is 4.11. The topological polar surface area (TPSA) is 80.6 Å². The van der Waals surface area contributed by atoms with Gasteiger partial charge in [-0.15, -0.1) is 0 Å². The zero-order valence-corrected chi connectivity index (χ0v) is 20.5. The van der Waals surface area contributed by atoms with Gasteiger partial charge in [-0.2, -0.15) is 0 Å². The second-order valence-electron chi connectivity index (χ2n) is 9.04. The van der Waals surface area contributed by atoms with Gasteiger partial charge in [-0.25, -0.2) is 4.79 Å². The molecule has 0 bridgehead atoms. The molecule has 2 amide bonds. The summed E-state index contributed by atoms with van der Waals surface area (Å²) in [7, 11) is 0. The lowest BCUT2D eigenvalue weighted by atomic mass is 10.1. The van der Waals surface area contributed by atoms with Crippen molar-refractivity contribution in [2.45, 2.75) is 72.9 Å². The van der Waals surface area contributed by atoms with Crippen LogP contribution in [0, 0.1) is 27.7 Å². The Morgan fingerprint density at radius 2 is 1.88 bits per heavy atom. The zero-order valence-electron chi connectivity index (χ0n) is 20.5. The Bertz CT molecular complexity index is 1050. The lowest BCUT2D eigenvalue weighted by Gasteiger charge is -2.28. The van der Waals surface area contributed by atoms with E-state index in [0.29, 0.717) is 18.0 Å². The van der Waals surface area contributed by atoms with E-state index in [9.17, 15) is 14.4 Å². The molecule has 33 heavy (non-hydrogen) atoms. The number of hydrogen-bond acceptors (Lipinski definition) is 4. The normalized spacial score (nSPS) is 14.0. The minimum atomic E-state index is -0.507. The average molecular weight is 454 g/mol. The number of amides is 2. The van der Waals surface area contributed by atoms with E-state index in [0.717, 1.165) is 41.0 Å². The van der Waals surface area contributed by atoms with Crippen LogP contribution < -0.4 is 5.32 Å². The number of nitrogens with one attached hydrogen (secondary N) is 1. The first-order chi connectivity index (χ1) is 15.6. The summed E-state index contributed by atoms with van der Waals surface area (Å²) in [5.74, 6) is -1.17.